The Labute approximate surface area is 305 Å². The van der Waals surface area contributed by atoms with Gasteiger partial charge in [0.2, 0.25) is 0 Å². The van der Waals surface area contributed by atoms with Gasteiger partial charge in [-0.3, -0.25) is 14.3 Å². The molecule has 2 atom stereocenters. The second-order valence-electron chi connectivity index (χ2n) is 12.2. The summed E-state index contributed by atoms with van der Waals surface area (Å²) in [6.07, 6.45) is 10.1. The van der Waals surface area contributed by atoms with Gasteiger partial charge in [0, 0.05) is 17.8 Å². The molecule has 0 aliphatic carbocycles. The van der Waals surface area contributed by atoms with Crippen LogP contribution >= 0.6 is 23.7 Å². The van der Waals surface area contributed by atoms with Crippen molar-refractivity contribution in [2.24, 2.45) is 0 Å². The molecule has 0 bridgehead atoms. The quantitative estimate of drug-likeness (QED) is 0.0538. The Bertz CT molecular complexity index is 1500. The zero-order valence-corrected chi connectivity index (χ0v) is 31.4. The first-order valence-electron chi connectivity index (χ1n) is 17.2. The number of rotatable bonds is 17. The molecule has 0 aromatic heterocycles. The van der Waals surface area contributed by atoms with Crippen molar-refractivity contribution >= 4 is 53.2 Å². The number of carboxylic acids is 1. The highest BCUT2D eigenvalue weighted by molar-refractivity contribution is 7.98. The third-order valence-corrected chi connectivity index (χ3v) is 10.4. The average Bonchev–Trinajstić information content (AvgIpc) is 3.29. The fourth-order valence-corrected chi connectivity index (χ4v) is 7.25. The molecule has 0 fully saturated rings. The minimum Gasteiger partial charge on any atom is -0.508 e. The first-order chi connectivity index (χ1) is 24.1. The largest absolute Gasteiger partial charge is 0.508 e. The lowest BCUT2D eigenvalue weighted by atomic mass is 9.87. The molecule has 1 aliphatic heterocycles. The van der Waals surface area contributed by atoms with E-state index in [0.29, 0.717) is 24.0 Å². The van der Waals surface area contributed by atoms with E-state index in [0.717, 1.165) is 66.2 Å². The summed E-state index contributed by atoms with van der Waals surface area (Å²) >= 11 is 3.22. The molecule has 12 heteroatoms. The van der Waals surface area contributed by atoms with Crippen molar-refractivity contribution in [2.45, 2.75) is 93.1 Å². The fraction of sp³-hybridized carbons (Fsp3) is 0.447. The predicted molar refractivity (Wildman–Crippen MR) is 204 cm³/mol. The zero-order valence-electron chi connectivity index (χ0n) is 29.7. The van der Waals surface area contributed by atoms with Gasteiger partial charge < -0.3 is 35.3 Å². The first-order valence-corrected chi connectivity index (χ1v) is 19.2. The van der Waals surface area contributed by atoms with Crippen LogP contribution in [0.4, 0.5) is 11.4 Å². The maximum absolute atomic E-state index is 12.8. The van der Waals surface area contributed by atoms with E-state index in [4.69, 9.17) is 9.84 Å². The molecule has 5 N–H and O–H groups in total. The van der Waals surface area contributed by atoms with Crippen molar-refractivity contribution in [2.75, 3.05) is 31.4 Å². The van der Waals surface area contributed by atoms with E-state index < -0.39 is 17.9 Å². The topological polar surface area (TPSA) is 140 Å². The van der Waals surface area contributed by atoms with E-state index in [1.54, 1.807) is 42.9 Å². The first kappa shape index (κ1) is 40.7. The predicted octanol–water partition coefficient (Wildman–Crippen LogP) is 7.49. The lowest BCUT2D eigenvalue weighted by molar-refractivity contribution is -0.139. The number of amides is 1. The summed E-state index contributed by atoms with van der Waals surface area (Å²) in [5.41, 5.74) is 2.80. The van der Waals surface area contributed by atoms with Crippen LogP contribution in [-0.2, 0) is 14.4 Å². The normalized spacial score (nSPS) is 14.6. The number of thioether (sulfide) groups is 1. The minimum absolute atomic E-state index is 0.0515. The van der Waals surface area contributed by atoms with Crippen LogP contribution in [0.25, 0.3) is 0 Å². The second-order valence-corrected chi connectivity index (χ2v) is 13.9. The number of phenols is 1. The lowest BCUT2D eigenvalue weighted by Crippen LogP contribution is -2.49. The third-order valence-electron chi connectivity index (χ3n) is 8.58. The van der Waals surface area contributed by atoms with Crippen molar-refractivity contribution in [3.63, 3.8) is 0 Å². The van der Waals surface area contributed by atoms with Crippen molar-refractivity contribution < 1.29 is 29.3 Å². The zero-order chi connectivity index (χ0) is 36.5. The van der Waals surface area contributed by atoms with Gasteiger partial charge in [0.05, 0.1) is 15.5 Å². The highest BCUT2D eigenvalue weighted by Crippen LogP contribution is 2.46. The number of nitrogens with zero attached hydrogens (tertiary/aromatic N) is 1. The molecule has 272 valence electrons. The average molecular weight is 725 g/mol. The molecule has 0 spiro atoms. The Morgan fingerprint density at radius 3 is 2.24 bits per heavy atom. The number of aliphatic carboxylic acids is 1. The number of ether oxygens (including phenoxy) is 1. The smallest absolute Gasteiger partial charge is 0.320 e. The van der Waals surface area contributed by atoms with Gasteiger partial charge in [0.1, 0.15) is 29.9 Å². The Kier molecular flexibility index (Phi) is 17.0. The molecule has 0 radical (unpaired) electrons. The molecule has 3 aromatic carbocycles. The number of para-hydroxylation sites is 1. The highest BCUT2D eigenvalue weighted by Gasteiger charge is 2.36. The second kappa shape index (κ2) is 20.8. The van der Waals surface area contributed by atoms with Gasteiger partial charge in [0.25, 0.3) is 5.91 Å². The van der Waals surface area contributed by atoms with Crippen molar-refractivity contribution in [1.29, 1.82) is 0 Å². The van der Waals surface area contributed by atoms with Gasteiger partial charge >= 0.3 is 5.97 Å². The standard InChI is InChI=1S/C33H41N3O4S2.C5H11NO2/c1-4-6-17-33(18-7-5-2)23-36(25-11-9-8-10-12-25)28-19-31(41-3)29(20-30(28)42-35-33)40-22-32(39)34-27(21-37)24-13-15-26(38)16-14-24;1-3-4(6-2)5(7)8/h8-16,19-21,27,35,38H,4-7,17-18,22-23H2,1-3H3,(H,34,39);4,6H,3H2,1-2H3,(H,7,8). The number of unbranched alkanes of at least 4 members (excludes halogenated alkanes) is 2. The Morgan fingerprint density at radius 1 is 1.06 bits per heavy atom. The summed E-state index contributed by atoms with van der Waals surface area (Å²) in [5.74, 6) is -0.468. The molecule has 10 nitrogen and oxygen atoms in total. The number of nitrogens with one attached hydrogen (secondary N) is 3. The Morgan fingerprint density at radius 2 is 1.72 bits per heavy atom. The van der Waals surface area contributed by atoms with Crippen molar-refractivity contribution in [1.82, 2.24) is 15.4 Å². The van der Waals surface area contributed by atoms with E-state index in [-0.39, 0.29) is 23.9 Å². The molecule has 50 heavy (non-hydrogen) atoms. The van der Waals surface area contributed by atoms with Gasteiger partial charge in [0.15, 0.2) is 6.61 Å². The number of hydrogen-bond acceptors (Lipinski definition) is 10. The number of likely N-dealkylation sites (N-methyl/N-ethyl adjacent to an activating group) is 1. The third kappa shape index (κ3) is 11.7. The molecule has 2 unspecified atom stereocenters. The van der Waals surface area contributed by atoms with Crippen molar-refractivity contribution in [3.8, 4) is 11.5 Å². The number of benzene rings is 3. The maximum Gasteiger partial charge on any atom is 0.320 e. The van der Waals surface area contributed by atoms with Crippen LogP contribution < -0.4 is 25.0 Å². The van der Waals surface area contributed by atoms with Crippen LogP contribution in [0.2, 0.25) is 0 Å². The maximum atomic E-state index is 12.8. The number of fused-ring (bicyclic) bond motifs is 1. The van der Waals surface area contributed by atoms with Crippen molar-refractivity contribution in [3.05, 3.63) is 72.3 Å². The van der Waals surface area contributed by atoms with Crippen LogP contribution in [0.15, 0.2) is 76.5 Å². The summed E-state index contributed by atoms with van der Waals surface area (Å²) in [7, 11) is 1.64. The number of carboxylic acid groups (broad SMARTS) is 1. The van der Waals surface area contributed by atoms with Gasteiger partial charge in [-0.2, -0.15) is 0 Å². The van der Waals surface area contributed by atoms with E-state index in [2.05, 4.69) is 64.4 Å². The van der Waals surface area contributed by atoms with E-state index in [1.165, 1.54) is 12.1 Å². The number of hydrogen-bond donors (Lipinski definition) is 5. The van der Waals surface area contributed by atoms with Gasteiger partial charge in [-0.05, 0) is 86.5 Å². The van der Waals surface area contributed by atoms with Crippen LogP contribution in [0.1, 0.15) is 77.3 Å². The van der Waals surface area contributed by atoms with E-state index >= 15 is 0 Å². The van der Waals surface area contributed by atoms with Gasteiger partial charge in [-0.15, -0.1) is 11.8 Å². The van der Waals surface area contributed by atoms with Crippen LogP contribution in [0.5, 0.6) is 11.5 Å². The summed E-state index contributed by atoms with van der Waals surface area (Å²) < 4.78 is 9.95. The number of carbonyl (C=O) groups excluding carboxylic acids is 2. The molecular weight excluding hydrogens is 673 g/mol. The van der Waals surface area contributed by atoms with Gasteiger partial charge in [-0.1, -0.05) is 76.8 Å². The number of anilines is 2. The van der Waals surface area contributed by atoms with Crippen LogP contribution in [0.3, 0.4) is 0 Å². The highest BCUT2D eigenvalue weighted by atomic mass is 32.2. The lowest BCUT2D eigenvalue weighted by Gasteiger charge is -2.38. The molecule has 1 heterocycles. The van der Waals surface area contributed by atoms with E-state index in [9.17, 15) is 19.5 Å². The monoisotopic (exact) mass is 724 g/mol. The molecular formula is C38H52N4O6S2. The number of aromatic hydroxyl groups is 1. The molecule has 4 rings (SSSR count). The van der Waals surface area contributed by atoms with Crippen LogP contribution in [-0.4, -0.2) is 66.4 Å². The molecule has 1 amide bonds. The van der Waals surface area contributed by atoms with Crippen LogP contribution in [0, 0.1) is 0 Å². The SMILES string of the molecule is CCC(NC)C(=O)O.CCCCC1(CCCC)CN(c2ccccc2)c2cc(SC)c(OCC(=O)NC(C=O)c3ccc(O)cc3)cc2SN1. The minimum atomic E-state index is -0.827. The molecule has 1 aliphatic rings. The number of carbonyl (C=O) groups is 3. The Balaban J connectivity index is 0.000000753. The molecule has 0 saturated heterocycles. The summed E-state index contributed by atoms with van der Waals surface area (Å²) in [4.78, 5) is 39.0. The molecule has 3 aromatic rings. The molecule has 0 saturated carbocycles. The summed E-state index contributed by atoms with van der Waals surface area (Å²) in [5, 5.41) is 23.2. The van der Waals surface area contributed by atoms with Gasteiger partial charge in [-0.25, -0.2) is 0 Å². The number of aldehydes is 1. The fourth-order valence-electron chi connectivity index (χ4n) is 5.67. The number of phenolic OH excluding ortho intramolecular Hbond substituents is 1. The van der Waals surface area contributed by atoms with E-state index in [1.807, 2.05) is 25.3 Å². The summed E-state index contributed by atoms with van der Waals surface area (Å²) in [6.45, 7) is 6.94. The summed E-state index contributed by atoms with van der Waals surface area (Å²) in [6, 6.07) is 19.7. The Hall–Kier alpha value is -3.71.